The zero-order valence-electron chi connectivity index (χ0n) is 16.1. The molecule has 0 spiro atoms. The minimum absolute atomic E-state index is 0.137. The zero-order chi connectivity index (χ0) is 20.2. The highest BCUT2D eigenvalue weighted by molar-refractivity contribution is 5.97. The van der Waals surface area contributed by atoms with E-state index in [1.807, 2.05) is 19.9 Å². The van der Waals surface area contributed by atoms with Gasteiger partial charge in [0.1, 0.15) is 18.6 Å². The summed E-state index contributed by atoms with van der Waals surface area (Å²) in [5, 5.41) is 9.02. The van der Waals surface area contributed by atoms with Crippen LogP contribution in [0.15, 0.2) is 41.1 Å². The molecule has 2 N–H and O–H groups in total. The third-order valence-corrected chi connectivity index (χ3v) is 3.68. The smallest absolute Gasteiger partial charge is 0.322 e. The lowest BCUT2D eigenvalue weighted by Gasteiger charge is -2.23. The maximum absolute atomic E-state index is 12.8. The average Bonchev–Trinajstić information content (AvgIpc) is 3.19. The summed E-state index contributed by atoms with van der Waals surface area (Å²) in [6.07, 6.45) is 1.96. The summed E-state index contributed by atoms with van der Waals surface area (Å²) in [5.74, 6) is 0.486. The number of aromatic nitrogens is 1. The van der Waals surface area contributed by atoms with Gasteiger partial charge in [0.2, 0.25) is 5.91 Å². The summed E-state index contributed by atoms with van der Waals surface area (Å²) in [6.45, 7) is 5.57. The van der Waals surface area contributed by atoms with Gasteiger partial charge in [0.25, 0.3) is 0 Å². The van der Waals surface area contributed by atoms with Gasteiger partial charge in [-0.15, -0.1) is 0 Å². The molecular weight excluding hydrogens is 364 g/mol. The van der Waals surface area contributed by atoms with E-state index < -0.39 is 6.03 Å². The molecule has 1 heterocycles. The number of anilines is 2. The summed E-state index contributed by atoms with van der Waals surface area (Å²) >= 11 is 0. The Bertz CT molecular complexity index is 736. The molecule has 0 saturated carbocycles. The number of rotatable bonds is 11. The minimum atomic E-state index is -0.404. The maximum atomic E-state index is 12.8. The highest BCUT2D eigenvalue weighted by Crippen LogP contribution is 2.24. The number of nitrogens with zero attached hydrogens (tertiary/aromatic N) is 2. The molecular formula is C19H26N4O5. The highest BCUT2D eigenvalue weighted by Gasteiger charge is 2.19. The second kappa shape index (κ2) is 11.6. The van der Waals surface area contributed by atoms with Crippen molar-refractivity contribution in [2.75, 3.05) is 43.5 Å². The van der Waals surface area contributed by atoms with Gasteiger partial charge < -0.3 is 29.5 Å². The summed E-state index contributed by atoms with van der Waals surface area (Å²) < 4.78 is 15.5. The van der Waals surface area contributed by atoms with E-state index in [0.29, 0.717) is 50.0 Å². The molecule has 0 aliphatic rings. The summed E-state index contributed by atoms with van der Waals surface area (Å²) in [5.41, 5.74) is 0.543. The lowest BCUT2D eigenvalue weighted by molar-refractivity contribution is -0.116. The molecule has 0 atom stereocenters. The van der Waals surface area contributed by atoms with E-state index in [4.69, 9.17) is 9.47 Å². The van der Waals surface area contributed by atoms with E-state index in [1.54, 1.807) is 18.2 Å². The predicted octanol–water partition coefficient (Wildman–Crippen LogP) is 2.97. The molecule has 1 aromatic carbocycles. The topological polar surface area (TPSA) is 106 Å². The number of amides is 3. The molecule has 0 saturated heterocycles. The first-order valence-corrected chi connectivity index (χ1v) is 9.19. The Morgan fingerprint density at radius 1 is 1.14 bits per heavy atom. The Morgan fingerprint density at radius 2 is 1.96 bits per heavy atom. The average molecular weight is 390 g/mol. The van der Waals surface area contributed by atoms with Crippen molar-refractivity contribution in [3.05, 3.63) is 36.6 Å². The lowest BCUT2D eigenvalue weighted by Crippen LogP contribution is -2.41. The Hall–Kier alpha value is -3.07. The number of benzene rings is 1. The number of carbonyl (C=O) groups excluding carboxylic acids is 2. The van der Waals surface area contributed by atoms with Crippen molar-refractivity contribution >= 4 is 23.4 Å². The van der Waals surface area contributed by atoms with Gasteiger partial charge in [0, 0.05) is 25.8 Å². The summed E-state index contributed by atoms with van der Waals surface area (Å²) in [6, 6.07) is 8.27. The monoisotopic (exact) mass is 390 g/mol. The number of carbonyl (C=O) groups is 2. The molecule has 0 bridgehead atoms. The van der Waals surface area contributed by atoms with Gasteiger partial charge in [-0.2, -0.15) is 0 Å². The van der Waals surface area contributed by atoms with Gasteiger partial charge in [-0.25, -0.2) is 4.79 Å². The van der Waals surface area contributed by atoms with Crippen molar-refractivity contribution < 1.29 is 23.6 Å². The first-order valence-electron chi connectivity index (χ1n) is 9.19. The Labute approximate surface area is 164 Å². The lowest BCUT2D eigenvalue weighted by atomic mass is 10.3. The second-order valence-corrected chi connectivity index (χ2v) is 5.76. The van der Waals surface area contributed by atoms with Crippen LogP contribution in [0.3, 0.4) is 0 Å². The van der Waals surface area contributed by atoms with E-state index >= 15 is 0 Å². The molecule has 2 rings (SSSR count). The van der Waals surface area contributed by atoms with E-state index in [-0.39, 0.29) is 12.5 Å². The number of nitrogens with one attached hydrogen (secondary N) is 2. The Kier molecular flexibility index (Phi) is 8.80. The Balaban J connectivity index is 2.02. The maximum Gasteiger partial charge on any atom is 0.322 e. The SMILES string of the molecule is CCOCCCN(CC(=O)Nc1ccon1)C(=O)Nc1ccccc1OCC. The van der Waals surface area contributed by atoms with Gasteiger partial charge in [-0.1, -0.05) is 17.3 Å². The standard InChI is InChI=1S/C19H26N4O5/c1-3-26-12-7-11-23(14-18(24)21-17-10-13-28-22-17)19(25)20-15-8-5-6-9-16(15)27-4-2/h5-6,8-10,13H,3-4,7,11-12,14H2,1-2H3,(H,20,25)(H,21,22,24). The molecule has 0 aliphatic heterocycles. The van der Waals surface area contributed by atoms with E-state index in [0.717, 1.165) is 0 Å². The molecule has 0 fully saturated rings. The first-order chi connectivity index (χ1) is 13.6. The highest BCUT2D eigenvalue weighted by atomic mass is 16.5. The van der Waals surface area contributed by atoms with Crippen LogP contribution in [0.1, 0.15) is 20.3 Å². The van der Waals surface area contributed by atoms with Crippen LogP contribution in [0, 0.1) is 0 Å². The zero-order valence-corrected chi connectivity index (χ0v) is 16.1. The van der Waals surface area contributed by atoms with Crippen molar-refractivity contribution in [1.29, 1.82) is 0 Å². The number of hydrogen-bond acceptors (Lipinski definition) is 6. The minimum Gasteiger partial charge on any atom is -0.492 e. The molecule has 9 heteroatoms. The number of ether oxygens (including phenoxy) is 2. The molecule has 0 aliphatic carbocycles. The quantitative estimate of drug-likeness (QED) is 0.572. The predicted molar refractivity (Wildman–Crippen MR) is 104 cm³/mol. The Morgan fingerprint density at radius 3 is 2.68 bits per heavy atom. The molecule has 152 valence electrons. The largest absolute Gasteiger partial charge is 0.492 e. The van der Waals surface area contributed by atoms with E-state index in [2.05, 4.69) is 20.3 Å². The van der Waals surface area contributed by atoms with Crippen LogP contribution in [0.5, 0.6) is 5.75 Å². The van der Waals surface area contributed by atoms with Crippen molar-refractivity contribution in [2.24, 2.45) is 0 Å². The summed E-state index contributed by atoms with van der Waals surface area (Å²) in [4.78, 5) is 26.5. The summed E-state index contributed by atoms with van der Waals surface area (Å²) in [7, 11) is 0. The molecule has 0 radical (unpaired) electrons. The second-order valence-electron chi connectivity index (χ2n) is 5.76. The van der Waals surface area contributed by atoms with Gasteiger partial charge in [-0.05, 0) is 32.4 Å². The van der Waals surface area contributed by atoms with Crippen molar-refractivity contribution in [3.8, 4) is 5.75 Å². The molecule has 2 aromatic rings. The number of para-hydroxylation sites is 2. The van der Waals surface area contributed by atoms with E-state index in [9.17, 15) is 9.59 Å². The third kappa shape index (κ3) is 6.92. The van der Waals surface area contributed by atoms with Gasteiger partial charge >= 0.3 is 6.03 Å². The van der Waals surface area contributed by atoms with Gasteiger partial charge in [0.05, 0.1) is 12.3 Å². The molecule has 0 unspecified atom stereocenters. The van der Waals surface area contributed by atoms with Crippen LogP contribution in [0.2, 0.25) is 0 Å². The normalized spacial score (nSPS) is 10.4. The van der Waals surface area contributed by atoms with Crippen LogP contribution in [-0.4, -0.2) is 54.9 Å². The van der Waals surface area contributed by atoms with Gasteiger partial charge in [0.15, 0.2) is 5.82 Å². The van der Waals surface area contributed by atoms with Crippen molar-refractivity contribution in [3.63, 3.8) is 0 Å². The number of urea groups is 1. The van der Waals surface area contributed by atoms with Crippen LogP contribution < -0.4 is 15.4 Å². The third-order valence-electron chi connectivity index (χ3n) is 3.68. The van der Waals surface area contributed by atoms with Crippen molar-refractivity contribution in [2.45, 2.75) is 20.3 Å². The molecule has 28 heavy (non-hydrogen) atoms. The van der Waals surface area contributed by atoms with Crippen LogP contribution >= 0.6 is 0 Å². The fraction of sp³-hybridized carbons (Fsp3) is 0.421. The fourth-order valence-electron chi connectivity index (χ4n) is 2.43. The van der Waals surface area contributed by atoms with Crippen LogP contribution in [0.25, 0.3) is 0 Å². The number of hydrogen-bond donors (Lipinski definition) is 2. The first kappa shape index (κ1) is 21.2. The molecule has 3 amide bonds. The van der Waals surface area contributed by atoms with Crippen LogP contribution in [-0.2, 0) is 9.53 Å². The van der Waals surface area contributed by atoms with Crippen molar-refractivity contribution in [1.82, 2.24) is 10.1 Å². The van der Waals surface area contributed by atoms with E-state index in [1.165, 1.54) is 17.2 Å². The fourth-order valence-corrected chi connectivity index (χ4v) is 2.43. The van der Waals surface area contributed by atoms with Crippen LogP contribution in [0.4, 0.5) is 16.3 Å². The van der Waals surface area contributed by atoms with Gasteiger partial charge in [-0.3, -0.25) is 4.79 Å². The molecule has 1 aromatic heterocycles. The molecule has 9 nitrogen and oxygen atoms in total.